The number of guanidine groups is 1. The van der Waals surface area contributed by atoms with Gasteiger partial charge in [0.25, 0.3) is 0 Å². The molecule has 7 nitrogen and oxygen atoms in total. The van der Waals surface area contributed by atoms with Gasteiger partial charge in [-0.2, -0.15) is 0 Å². The summed E-state index contributed by atoms with van der Waals surface area (Å²) in [5, 5.41) is 6.35. The molecule has 0 saturated heterocycles. The van der Waals surface area contributed by atoms with Crippen molar-refractivity contribution in [2.45, 2.75) is 26.2 Å². The van der Waals surface area contributed by atoms with E-state index in [9.17, 15) is 8.42 Å². The van der Waals surface area contributed by atoms with Gasteiger partial charge in [-0.05, 0) is 43.9 Å². The van der Waals surface area contributed by atoms with Crippen LogP contribution in [0, 0.1) is 0 Å². The first-order valence-electron chi connectivity index (χ1n) is 8.81. The van der Waals surface area contributed by atoms with Crippen LogP contribution in [0.5, 0.6) is 11.5 Å². The minimum absolute atomic E-state index is 0. The molecule has 0 aliphatic rings. The van der Waals surface area contributed by atoms with Gasteiger partial charge >= 0.3 is 0 Å². The summed E-state index contributed by atoms with van der Waals surface area (Å²) >= 11 is 0. The fourth-order valence-corrected chi connectivity index (χ4v) is 3.07. The van der Waals surface area contributed by atoms with Gasteiger partial charge in [0.15, 0.2) is 17.5 Å². The van der Waals surface area contributed by atoms with Crippen LogP contribution in [0.25, 0.3) is 0 Å². The molecule has 0 amide bonds. The van der Waals surface area contributed by atoms with E-state index in [0.717, 1.165) is 30.9 Å². The standard InChI is InChI=1S/C18H31N3O4S.HI/c1-5-25-17-14-15(9-10-16(17)24-3)8-6-11-20-18(19-2)21-12-7-13-26(4,22)23;/h9-10,14H,5-8,11-13H2,1-4H3,(H2,19,20,21);1H. The molecule has 1 aromatic carbocycles. The molecular weight excluding hydrogens is 481 g/mol. The molecule has 156 valence electrons. The summed E-state index contributed by atoms with van der Waals surface area (Å²) in [6.45, 7) is 3.89. The lowest BCUT2D eigenvalue weighted by molar-refractivity contribution is 0.310. The van der Waals surface area contributed by atoms with E-state index in [1.54, 1.807) is 14.2 Å². The molecule has 0 fully saturated rings. The Morgan fingerprint density at radius 2 is 1.81 bits per heavy atom. The van der Waals surface area contributed by atoms with Crippen LogP contribution in [0.4, 0.5) is 0 Å². The Kier molecular flexibility index (Phi) is 13.2. The van der Waals surface area contributed by atoms with Crippen LogP contribution in [0.2, 0.25) is 0 Å². The molecule has 0 aromatic heterocycles. The van der Waals surface area contributed by atoms with Crippen molar-refractivity contribution in [1.29, 1.82) is 0 Å². The van der Waals surface area contributed by atoms with Crippen molar-refractivity contribution in [2.75, 3.05) is 45.9 Å². The SMILES string of the molecule is CCOc1cc(CCCNC(=NC)NCCCS(C)(=O)=O)ccc1OC.I. The van der Waals surface area contributed by atoms with E-state index in [1.807, 2.05) is 25.1 Å². The van der Waals surface area contributed by atoms with Gasteiger partial charge in [-0.25, -0.2) is 8.42 Å². The van der Waals surface area contributed by atoms with Gasteiger partial charge in [-0.15, -0.1) is 24.0 Å². The fraction of sp³-hybridized carbons (Fsp3) is 0.611. The Morgan fingerprint density at radius 3 is 2.37 bits per heavy atom. The van der Waals surface area contributed by atoms with Gasteiger partial charge in [-0.3, -0.25) is 4.99 Å². The molecule has 2 N–H and O–H groups in total. The van der Waals surface area contributed by atoms with Crippen LogP contribution in [0.3, 0.4) is 0 Å². The maximum atomic E-state index is 11.1. The molecule has 0 saturated carbocycles. The molecule has 0 aliphatic heterocycles. The van der Waals surface area contributed by atoms with E-state index in [-0.39, 0.29) is 29.7 Å². The highest BCUT2D eigenvalue weighted by molar-refractivity contribution is 14.0. The third-order valence-corrected chi connectivity index (χ3v) is 4.70. The van der Waals surface area contributed by atoms with Crippen molar-refractivity contribution in [1.82, 2.24) is 10.6 Å². The molecule has 9 heteroatoms. The Bertz CT molecular complexity index is 681. The van der Waals surface area contributed by atoms with Crippen LogP contribution in [-0.4, -0.2) is 60.2 Å². The second-order valence-corrected chi connectivity index (χ2v) is 8.19. The van der Waals surface area contributed by atoms with Gasteiger partial charge in [0.05, 0.1) is 19.5 Å². The number of benzene rings is 1. The zero-order chi connectivity index (χ0) is 19.4. The Hall–Kier alpha value is -1.23. The predicted molar refractivity (Wildman–Crippen MR) is 122 cm³/mol. The van der Waals surface area contributed by atoms with E-state index in [2.05, 4.69) is 15.6 Å². The first kappa shape index (κ1) is 25.8. The molecular formula is C18H32IN3O4S. The number of hydrogen-bond acceptors (Lipinski definition) is 5. The minimum Gasteiger partial charge on any atom is -0.493 e. The van der Waals surface area contributed by atoms with E-state index in [4.69, 9.17) is 9.47 Å². The maximum absolute atomic E-state index is 11.1. The first-order chi connectivity index (χ1) is 12.4. The zero-order valence-corrected chi connectivity index (χ0v) is 19.7. The molecule has 0 heterocycles. The second-order valence-electron chi connectivity index (χ2n) is 5.93. The number of hydrogen-bond donors (Lipinski definition) is 2. The quantitative estimate of drug-likeness (QED) is 0.204. The Balaban J connectivity index is 0.00000676. The summed E-state index contributed by atoms with van der Waals surface area (Å²) in [6, 6.07) is 5.98. The van der Waals surface area contributed by atoms with E-state index < -0.39 is 9.84 Å². The van der Waals surface area contributed by atoms with Gasteiger partial charge in [-0.1, -0.05) is 6.07 Å². The van der Waals surface area contributed by atoms with E-state index in [0.29, 0.717) is 25.5 Å². The van der Waals surface area contributed by atoms with Crippen LogP contribution < -0.4 is 20.1 Å². The average molecular weight is 513 g/mol. The van der Waals surface area contributed by atoms with Crippen LogP contribution >= 0.6 is 24.0 Å². The number of halogens is 1. The molecule has 1 aromatic rings. The number of ether oxygens (including phenoxy) is 2. The fourth-order valence-electron chi connectivity index (χ4n) is 2.41. The van der Waals surface area contributed by atoms with Gasteiger partial charge in [0.2, 0.25) is 0 Å². The molecule has 0 unspecified atom stereocenters. The summed E-state index contributed by atoms with van der Waals surface area (Å²) in [4.78, 5) is 4.14. The number of nitrogens with one attached hydrogen (secondary N) is 2. The summed E-state index contributed by atoms with van der Waals surface area (Å²) in [6.07, 6.45) is 3.64. The zero-order valence-electron chi connectivity index (χ0n) is 16.6. The van der Waals surface area contributed by atoms with Gasteiger partial charge in [0, 0.05) is 26.4 Å². The minimum atomic E-state index is -2.91. The van der Waals surface area contributed by atoms with Crippen molar-refractivity contribution in [3.8, 4) is 11.5 Å². The molecule has 27 heavy (non-hydrogen) atoms. The number of rotatable bonds is 11. The highest BCUT2D eigenvalue weighted by atomic mass is 127. The maximum Gasteiger partial charge on any atom is 0.190 e. The van der Waals surface area contributed by atoms with Crippen LogP contribution in [-0.2, 0) is 16.3 Å². The monoisotopic (exact) mass is 513 g/mol. The van der Waals surface area contributed by atoms with E-state index in [1.165, 1.54) is 11.8 Å². The average Bonchev–Trinajstić information content (AvgIpc) is 2.60. The van der Waals surface area contributed by atoms with Crippen molar-refractivity contribution < 1.29 is 17.9 Å². The van der Waals surface area contributed by atoms with Crippen molar-refractivity contribution in [3.63, 3.8) is 0 Å². The summed E-state index contributed by atoms with van der Waals surface area (Å²) < 4.78 is 33.1. The highest BCUT2D eigenvalue weighted by Crippen LogP contribution is 2.28. The molecule has 0 aliphatic carbocycles. The lowest BCUT2D eigenvalue weighted by Crippen LogP contribution is -2.38. The normalized spacial score (nSPS) is 11.5. The number of nitrogens with zero attached hydrogens (tertiary/aromatic N) is 1. The third kappa shape index (κ3) is 11.3. The lowest BCUT2D eigenvalue weighted by Gasteiger charge is -2.13. The number of methoxy groups -OCH3 is 1. The van der Waals surface area contributed by atoms with Gasteiger partial charge in [0.1, 0.15) is 9.84 Å². The summed E-state index contributed by atoms with van der Waals surface area (Å²) in [5.41, 5.74) is 1.19. The van der Waals surface area contributed by atoms with Crippen LogP contribution in [0.1, 0.15) is 25.3 Å². The third-order valence-electron chi connectivity index (χ3n) is 3.67. The molecule has 0 bridgehead atoms. The molecule has 0 spiro atoms. The predicted octanol–water partition coefficient (Wildman–Crippen LogP) is 2.24. The van der Waals surface area contributed by atoms with Gasteiger partial charge < -0.3 is 20.1 Å². The largest absolute Gasteiger partial charge is 0.493 e. The van der Waals surface area contributed by atoms with Crippen molar-refractivity contribution in [2.24, 2.45) is 4.99 Å². The topological polar surface area (TPSA) is 89.0 Å². The molecule has 0 radical (unpaired) electrons. The van der Waals surface area contributed by atoms with Crippen LogP contribution in [0.15, 0.2) is 23.2 Å². The Labute approximate surface area is 180 Å². The van der Waals surface area contributed by atoms with Crippen molar-refractivity contribution >= 4 is 39.8 Å². The second kappa shape index (κ2) is 13.9. The Morgan fingerprint density at radius 1 is 1.15 bits per heavy atom. The number of aryl methyl sites for hydroxylation is 1. The summed E-state index contributed by atoms with van der Waals surface area (Å²) in [7, 11) is 0.420. The van der Waals surface area contributed by atoms with E-state index >= 15 is 0 Å². The number of sulfone groups is 1. The highest BCUT2D eigenvalue weighted by Gasteiger charge is 2.06. The summed E-state index contributed by atoms with van der Waals surface area (Å²) in [5.74, 6) is 2.37. The molecule has 1 rings (SSSR count). The lowest BCUT2D eigenvalue weighted by atomic mass is 10.1. The first-order valence-corrected chi connectivity index (χ1v) is 10.9. The number of aliphatic imine (C=N–C) groups is 1. The van der Waals surface area contributed by atoms with Crippen molar-refractivity contribution in [3.05, 3.63) is 23.8 Å². The molecule has 0 atom stereocenters. The smallest absolute Gasteiger partial charge is 0.190 e.